The molecule has 2 rings (SSSR count). The monoisotopic (exact) mass is 228 g/mol. The van der Waals surface area contributed by atoms with Crippen LogP contribution in [0.1, 0.15) is 18.1 Å². The number of hydrogen-bond acceptors (Lipinski definition) is 3. The number of rotatable bonds is 3. The van der Waals surface area contributed by atoms with Crippen molar-refractivity contribution in [1.82, 2.24) is 10.2 Å². The van der Waals surface area contributed by atoms with Crippen molar-refractivity contribution in [2.24, 2.45) is 0 Å². The zero-order chi connectivity index (χ0) is 12.3. The van der Waals surface area contributed by atoms with Crippen LogP contribution in [0, 0.1) is 13.8 Å². The van der Waals surface area contributed by atoms with Crippen LogP contribution in [0.3, 0.4) is 0 Å². The van der Waals surface area contributed by atoms with Crippen LogP contribution < -0.4 is 4.74 Å². The molecule has 0 atom stereocenters. The third-order valence-electron chi connectivity index (χ3n) is 2.77. The molecule has 1 aromatic carbocycles. The molecule has 0 unspecified atom stereocenters. The molecule has 0 aliphatic heterocycles. The van der Waals surface area contributed by atoms with Gasteiger partial charge in [-0.15, -0.1) is 0 Å². The summed E-state index contributed by atoms with van der Waals surface area (Å²) in [5, 5.41) is 8.21. The molecule has 3 nitrogen and oxygen atoms in total. The third-order valence-corrected chi connectivity index (χ3v) is 2.77. The zero-order valence-corrected chi connectivity index (χ0v) is 10.4. The summed E-state index contributed by atoms with van der Waals surface area (Å²) in [4.78, 5) is 0. The summed E-state index contributed by atoms with van der Waals surface area (Å²) in [7, 11) is 0. The van der Waals surface area contributed by atoms with Crippen LogP contribution in [0.5, 0.6) is 5.75 Å². The first kappa shape index (κ1) is 11.6. The first-order chi connectivity index (χ1) is 8.22. The van der Waals surface area contributed by atoms with Crippen molar-refractivity contribution >= 4 is 0 Å². The van der Waals surface area contributed by atoms with Crippen molar-refractivity contribution in [2.45, 2.75) is 20.8 Å². The topological polar surface area (TPSA) is 35.0 Å². The van der Waals surface area contributed by atoms with Gasteiger partial charge in [-0.1, -0.05) is 12.1 Å². The van der Waals surface area contributed by atoms with Gasteiger partial charge in [0.05, 0.1) is 18.5 Å². The van der Waals surface area contributed by atoms with E-state index in [-0.39, 0.29) is 0 Å². The quantitative estimate of drug-likeness (QED) is 0.809. The van der Waals surface area contributed by atoms with Gasteiger partial charge in [0.25, 0.3) is 0 Å². The van der Waals surface area contributed by atoms with Crippen molar-refractivity contribution in [3.8, 4) is 17.0 Å². The van der Waals surface area contributed by atoms with Crippen molar-refractivity contribution in [1.29, 1.82) is 0 Å². The van der Waals surface area contributed by atoms with Gasteiger partial charge in [0.1, 0.15) is 5.75 Å². The largest absolute Gasteiger partial charge is 0.494 e. The third kappa shape index (κ3) is 2.44. The van der Waals surface area contributed by atoms with Crippen LogP contribution in [0.4, 0.5) is 0 Å². The standard InChI is InChI=1S/C14H16N2O/c1-4-17-13-7-5-6-12(8-13)14-11(3)10(2)9-15-16-14/h5-9H,4H2,1-3H3. The molecule has 0 fully saturated rings. The van der Waals surface area contributed by atoms with Gasteiger partial charge in [0.2, 0.25) is 0 Å². The van der Waals surface area contributed by atoms with Crippen LogP contribution in [-0.4, -0.2) is 16.8 Å². The fourth-order valence-corrected chi connectivity index (χ4v) is 1.71. The molecule has 17 heavy (non-hydrogen) atoms. The molecule has 0 amide bonds. The minimum atomic E-state index is 0.669. The highest BCUT2D eigenvalue weighted by Crippen LogP contribution is 2.25. The number of aromatic nitrogens is 2. The summed E-state index contributed by atoms with van der Waals surface area (Å²) in [5.74, 6) is 0.868. The molecule has 0 radical (unpaired) electrons. The van der Waals surface area contributed by atoms with Crippen molar-refractivity contribution in [3.05, 3.63) is 41.6 Å². The van der Waals surface area contributed by atoms with E-state index < -0.39 is 0 Å². The first-order valence-electron chi connectivity index (χ1n) is 5.74. The SMILES string of the molecule is CCOc1cccc(-c2nncc(C)c2C)c1. The molecule has 0 bridgehead atoms. The second kappa shape index (κ2) is 4.95. The highest BCUT2D eigenvalue weighted by Gasteiger charge is 2.07. The fourth-order valence-electron chi connectivity index (χ4n) is 1.71. The summed E-state index contributed by atoms with van der Waals surface area (Å²) in [6.45, 7) is 6.75. The van der Waals surface area contributed by atoms with E-state index in [0.717, 1.165) is 28.1 Å². The fraction of sp³-hybridized carbons (Fsp3) is 0.286. The summed E-state index contributed by atoms with van der Waals surface area (Å²) in [5.41, 5.74) is 4.28. The van der Waals surface area contributed by atoms with Crippen LogP contribution in [-0.2, 0) is 0 Å². The molecule has 0 aliphatic carbocycles. The number of benzene rings is 1. The van der Waals surface area contributed by atoms with Crippen molar-refractivity contribution in [3.63, 3.8) is 0 Å². The van der Waals surface area contributed by atoms with Gasteiger partial charge < -0.3 is 4.74 Å². The molecule has 2 aromatic rings. The van der Waals surface area contributed by atoms with Gasteiger partial charge in [-0.25, -0.2) is 0 Å². The minimum absolute atomic E-state index is 0.669. The Hall–Kier alpha value is -1.90. The molecule has 0 saturated carbocycles. The maximum Gasteiger partial charge on any atom is 0.119 e. The molecule has 0 aliphatic rings. The van der Waals surface area contributed by atoms with Gasteiger partial charge in [0, 0.05) is 5.56 Å². The summed E-state index contributed by atoms with van der Waals surface area (Å²) in [6, 6.07) is 7.95. The van der Waals surface area contributed by atoms with Gasteiger partial charge >= 0.3 is 0 Å². The highest BCUT2D eigenvalue weighted by molar-refractivity contribution is 5.64. The second-order valence-electron chi connectivity index (χ2n) is 3.96. The van der Waals surface area contributed by atoms with Crippen LogP contribution in [0.25, 0.3) is 11.3 Å². The Morgan fingerprint density at radius 1 is 1.24 bits per heavy atom. The Balaban J connectivity index is 2.45. The molecule has 88 valence electrons. The Morgan fingerprint density at radius 2 is 2.06 bits per heavy atom. The van der Waals surface area contributed by atoms with Crippen LogP contribution in [0.2, 0.25) is 0 Å². The lowest BCUT2D eigenvalue weighted by Gasteiger charge is -2.08. The molecule has 3 heteroatoms. The van der Waals surface area contributed by atoms with Crippen LogP contribution >= 0.6 is 0 Å². The number of aryl methyl sites for hydroxylation is 1. The molecule has 1 heterocycles. The van der Waals surface area contributed by atoms with E-state index in [1.807, 2.05) is 38.1 Å². The maximum atomic E-state index is 5.49. The Morgan fingerprint density at radius 3 is 2.82 bits per heavy atom. The zero-order valence-electron chi connectivity index (χ0n) is 10.4. The number of hydrogen-bond donors (Lipinski definition) is 0. The first-order valence-corrected chi connectivity index (χ1v) is 5.74. The molecular formula is C14H16N2O. The maximum absolute atomic E-state index is 5.49. The average Bonchev–Trinajstić information content (AvgIpc) is 2.33. The Bertz CT molecular complexity index is 523. The van der Waals surface area contributed by atoms with E-state index in [1.165, 1.54) is 0 Å². The van der Waals surface area contributed by atoms with Crippen molar-refractivity contribution in [2.75, 3.05) is 6.61 Å². The van der Waals surface area contributed by atoms with E-state index in [4.69, 9.17) is 4.74 Å². The second-order valence-corrected chi connectivity index (χ2v) is 3.96. The summed E-state index contributed by atoms with van der Waals surface area (Å²) < 4.78 is 5.49. The molecule has 0 spiro atoms. The van der Waals surface area contributed by atoms with Crippen LogP contribution in [0.15, 0.2) is 30.5 Å². The van der Waals surface area contributed by atoms with Gasteiger partial charge in [-0.3, -0.25) is 0 Å². The Labute approximate surface area is 101 Å². The lowest BCUT2D eigenvalue weighted by Crippen LogP contribution is -1.96. The summed E-state index contributed by atoms with van der Waals surface area (Å²) in [6.07, 6.45) is 1.78. The van der Waals surface area contributed by atoms with E-state index in [1.54, 1.807) is 6.20 Å². The smallest absolute Gasteiger partial charge is 0.119 e. The van der Waals surface area contributed by atoms with Gasteiger partial charge in [-0.2, -0.15) is 10.2 Å². The van der Waals surface area contributed by atoms with E-state index in [2.05, 4.69) is 17.1 Å². The Kier molecular flexibility index (Phi) is 3.38. The number of nitrogens with zero attached hydrogens (tertiary/aromatic N) is 2. The lowest BCUT2D eigenvalue weighted by atomic mass is 10.0. The van der Waals surface area contributed by atoms with E-state index in [0.29, 0.717) is 6.61 Å². The van der Waals surface area contributed by atoms with E-state index >= 15 is 0 Å². The highest BCUT2D eigenvalue weighted by atomic mass is 16.5. The normalized spacial score (nSPS) is 10.3. The van der Waals surface area contributed by atoms with E-state index in [9.17, 15) is 0 Å². The van der Waals surface area contributed by atoms with Gasteiger partial charge in [-0.05, 0) is 44.0 Å². The molecule has 0 N–H and O–H groups in total. The average molecular weight is 228 g/mol. The summed E-state index contributed by atoms with van der Waals surface area (Å²) >= 11 is 0. The lowest BCUT2D eigenvalue weighted by molar-refractivity contribution is 0.340. The predicted octanol–water partition coefficient (Wildman–Crippen LogP) is 3.16. The minimum Gasteiger partial charge on any atom is -0.494 e. The van der Waals surface area contributed by atoms with Crippen molar-refractivity contribution < 1.29 is 4.74 Å². The molecule has 0 saturated heterocycles. The van der Waals surface area contributed by atoms with Gasteiger partial charge in [0.15, 0.2) is 0 Å². The molecular weight excluding hydrogens is 212 g/mol. The number of ether oxygens (including phenoxy) is 1. The molecule has 1 aromatic heterocycles. The predicted molar refractivity (Wildman–Crippen MR) is 68.1 cm³/mol.